The van der Waals surface area contributed by atoms with Crippen molar-refractivity contribution in [2.75, 3.05) is 0 Å². The molecule has 0 atom stereocenters. The van der Waals surface area contributed by atoms with Crippen LogP contribution in [0.5, 0.6) is 0 Å². The van der Waals surface area contributed by atoms with E-state index in [2.05, 4.69) is 9.29 Å². The summed E-state index contributed by atoms with van der Waals surface area (Å²) in [6.07, 6.45) is 0. The Hall–Kier alpha value is 3.42. The second-order valence-corrected chi connectivity index (χ2v) is 0. The van der Waals surface area contributed by atoms with E-state index in [9.17, 15) is 0 Å². The van der Waals surface area contributed by atoms with Gasteiger partial charge in [0.15, 0.2) is 0 Å². The van der Waals surface area contributed by atoms with Gasteiger partial charge in [0.2, 0.25) is 0 Å². The smallest absolute Gasteiger partial charge is 0 e. The van der Waals surface area contributed by atoms with E-state index in [1.54, 1.807) is 0 Å². The zero-order valence-electron chi connectivity index (χ0n) is 1.92. The maximum Gasteiger partial charge on any atom is 0 e. The predicted octanol–water partition coefficient (Wildman–Crippen LogP) is -0.654. The maximum absolute atomic E-state index is 4.17. The van der Waals surface area contributed by atoms with Gasteiger partial charge in [-0.15, -0.1) is 0 Å². The van der Waals surface area contributed by atoms with Crippen LogP contribution in [0.4, 0.5) is 0 Å². The van der Waals surface area contributed by atoms with E-state index in [0.29, 0.717) is 0 Å². The Balaban J connectivity index is -0.00000000167. The second kappa shape index (κ2) is 26.1. The molecule has 5 heavy (non-hydrogen) atoms. The summed E-state index contributed by atoms with van der Waals surface area (Å²) in [6, 6.07) is 0. The van der Waals surface area contributed by atoms with Crippen molar-refractivity contribution in [2.45, 2.75) is 0 Å². The van der Waals surface area contributed by atoms with E-state index in [1.165, 1.54) is 0 Å². The van der Waals surface area contributed by atoms with Gasteiger partial charge in [0.25, 0.3) is 0 Å². The molecule has 0 saturated carbocycles. The minimum atomic E-state index is 0. The van der Waals surface area contributed by atoms with Crippen molar-refractivity contribution in [1.29, 1.82) is 0 Å². The first-order chi connectivity index (χ1) is 1.00. The van der Waals surface area contributed by atoms with Gasteiger partial charge in [0.1, 0.15) is 0 Å². The van der Waals surface area contributed by atoms with E-state index < -0.39 is 0 Å². The molecule has 0 bridgehead atoms. The third-order valence-electron chi connectivity index (χ3n) is 0. The van der Waals surface area contributed by atoms with Gasteiger partial charge < -0.3 is 0 Å². The van der Waals surface area contributed by atoms with Gasteiger partial charge in [0, 0.05) is 36.5 Å². The van der Waals surface area contributed by atoms with Crippen LogP contribution in [0.1, 0.15) is 0 Å². The molecule has 0 aliphatic heterocycles. The summed E-state index contributed by atoms with van der Waals surface area (Å²) in [5.74, 6) is 0. The number of hydrogen-bond acceptors (Lipinski definition) is 1. The van der Waals surface area contributed by atoms with E-state index in [-0.39, 0.29) is 74.3 Å². The average molecular weight is 322 g/mol. The summed E-state index contributed by atoms with van der Waals surface area (Å²) < 4.78 is 0. The molecule has 0 unspecified atom stereocenters. The van der Waals surface area contributed by atoms with Crippen LogP contribution in [0.25, 0.3) is 0 Å². The van der Waals surface area contributed by atoms with Crippen LogP contribution in [0.15, 0.2) is 0 Å². The third kappa shape index (κ3) is 18.6. The maximum atomic E-state index is 4.17. The summed E-state index contributed by atoms with van der Waals surface area (Å²) in [6.45, 7) is 0. The minimum Gasteiger partial charge on any atom is 0 e. The monoisotopic (exact) mass is 321 g/mol. The standard InChI is InChI=1S/Ca.Cu.S.Sn.Zn.2H. The Bertz CT molecular complexity index is 11.6. The molecule has 0 nitrogen and oxygen atoms in total. The Morgan fingerprint density at radius 1 is 1.20 bits per heavy atom. The quantitative estimate of drug-likeness (QED) is 0.534. The molecule has 27 valence electrons. The topological polar surface area (TPSA) is 0 Å². The van der Waals surface area contributed by atoms with Crippen molar-refractivity contribution in [3.8, 4) is 0 Å². The van der Waals surface area contributed by atoms with Gasteiger partial charge in [-0.25, -0.2) is 0 Å². The van der Waals surface area contributed by atoms with Crippen LogP contribution in [-0.4, -0.2) is 58.3 Å². The molecule has 0 aromatic carbocycles. The molecule has 0 fully saturated rings. The van der Waals surface area contributed by atoms with E-state index in [1.807, 2.05) is 0 Å². The molecule has 5 heteroatoms. The van der Waals surface area contributed by atoms with Crippen LogP contribution in [0, 0.1) is 0 Å². The summed E-state index contributed by atoms with van der Waals surface area (Å²) in [5, 5.41) is 0. The zero-order chi connectivity index (χ0) is 2.00. The van der Waals surface area contributed by atoms with Gasteiger partial charge >= 0.3 is 67.6 Å². The van der Waals surface area contributed by atoms with Crippen LogP contribution >= 0.6 is 9.29 Å². The fourth-order valence-corrected chi connectivity index (χ4v) is 0. The van der Waals surface area contributed by atoms with E-state index in [4.69, 9.17) is 0 Å². The van der Waals surface area contributed by atoms with Gasteiger partial charge in [-0.05, 0) is 0 Å². The van der Waals surface area contributed by atoms with Gasteiger partial charge in [-0.1, -0.05) is 0 Å². The molecule has 3 radical (unpaired) electrons. The minimum absolute atomic E-state index is 0. The van der Waals surface area contributed by atoms with Crippen molar-refractivity contribution in [2.24, 2.45) is 0 Å². The fraction of sp³-hybridized carbons (Fsp3) is 0. The second-order valence-electron chi connectivity index (χ2n) is 0. The summed E-state index contributed by atoms with van der Waals surface area (Å²) >= 11 is 1.13. The molecule has 0 saturated heterocycles. The molecular weight excluding hydrogens is 320 g/mol. The van der Waals surface area contributed by atoms with Gasteiger partial charge in [0.05, 0.1) is 0 Å². The van der Waals surface area contributed by atoms with Gasteiger partial charge in [-0.3, -0.25) is 0 Å². The number of hydrogen-bond donors (Lipinski definition) is 0. The zero-order valence-corrected chi connectivity index (χ0v) is 9.50. The summed E-state index contributed by atoms with van der Waals surface area (Å²) in [7, 11) is 4.17. The predicted molar refractivity (Wildman–Crippen MR) is 21.9 cm³/mol. The Morgan fingerprint density at radius 2 is 1.20 bits per heavy atom. The van der Waals surface area contributed by atoms with Crippen molar-refractivity contribution in [3.63, 3.8) is 0 Å². The molecule has 0 aromatic rings. The summed E-state index contributed by atoms with van der Waals surface area (Å²) in [5.41, 5.74) is 0. The molecule has 0 heterocycles. The third-order valence-corrected chi connectivity index (χ3v) is 0. The first-order valence-corrected chi connectivity index (χ1v) is 4.11. The van der Waals surface area contributed by atoms with Crippen molar-refractivity contribution < 1.29 is 36.5 Å². The first-order valence-electron chi connectivity index (χ1n) is 0.204. The first kappa shape index (κ1) is 23.7. The SMILES string of the molecule is [CaH2].[Cu].[S]=[Sn].[Zn]. The molecule has 0 N–H and O–H groups in total. The molecule has 0 aliphatic rings. The Labute approximate surface area is 102 Å². The molecular formula is H2CaCuSSnZn. The fourth-order valence-electron chi connectivity index (χ4n) is 0. The summed E-state index contributed by atoms with van der Waals surface area (Å²) in [4.78, 5) is 0. The largest absolute Gasteiger partial charge is 0 e. The van der Waals surface area contributed by atoms with E-state index in [0.717, 1.165) is 20.6 Å². The van der Waals surface area contributed by atoms with Crippen LogP contribution in [0.3, 0.4) is 0 Å². The molecule has 0 aromatic heterocycles. The molecule has 0 spiro atoms. The van der Waals surface area contributed by atoms with Crippen LogP contribution < -0.4 is 0 Å². The van der Waals surface area contributed by atoms with E-state index >= 15 is 0 Å². The normalized spacial score (nSPS) is 0.800. The molecule has 0 aliphatic carbocycles. The molecule has 0 rings (SSSR count). The van der Waals surface area contributed by atoms with Crippen molar-refractivity contribution >= 4 is 67.6 Å². The average Bonchev–Trinajstić information content (AvgIpc) is 1.00. The van der Waals surface area contributed by atoms with Crippen LogP contribution in [-0.2, 0) is 36.5 Å². The molecule has 0 amide bonds. The van der Waals surface area contributed by atoms with Crippen molar-refractivity contribution in [1.82, 2.24) is 0 Å². The Kier molecular flexibility index (Phi) is 124. The Morgan fingerprint density at radius 3 is 1.20 bits per heavy atom. The van der Waals surface area contributed by atoms with Gasteiger partial charge in [-0.2, -0.15) is 0 Å². The van der Waals surface area contributed by atoms with Crippen LogP contribution in [0.2, 0.25) is 0 Å². The van der Waals surface area contributed by atoms with Crippen molar-refractivity contribution in [3.05, 3.63) is 0 Å². The number of rotatable bonds is 0.